The molecule has 0 saturated carbocycles. The van der Waals surface area contributed by atoms with Crippen molar-refractivity contribution in [3.8, 4) is 0 Å². The molecule has 4 nitrogen and oxygen atoms in total. The number of aryl methyl sites for hydroxylation is 1. The van der Waals surface area contributed by atoms with E-state index in [9.17, 15) is 4.79 Å². The van der Waals surface area contributed by atoms with Crippen LogP contribution >= 0.6 is 15.9 Å². The molecular formula is C10H15BrN2O2. The minimum atomic E-state index is -0.178. The molecule has 0 aliphatic rings. The lowest BCUT2D eigenvalue weighted by atomic mass is 10.2. The summed E-state index contributed by atoms with van der Waals surface area (Å²) in [5.41, 5.74) is 0.343. The van der Waals surface area contributed by atoms with Crippen molar-refractivity contribution in [3.63, 3.8) is 0 Å². The molecule has 1 unspecified atom stereocenters. The van der Waals surface area contributed by atoms with E-state index in [0.29, 0.717) is 22.8 Å². The van der Waals surface area contributed by atoms with Crippen LogP contribution in [0.25, 0.3) is 0 Å². The summed E-state index contributed by atoms with van der Waals surface area (Å²) in [4.78, 5) is 11.9. The van der Waals surface area contributed by atoms with Gasteiger partial charge in [-0.2, -0.15) is 0 Å². The first-order valence-electron chi connectivity index (χ1n) is 4.99. The number of rotatable bonds is 5. The zero-order valence-electron chi connectivity index (χ0n) is 8.92. The van der Waals surface area contributed by atoms with E-state index in [-0.39, 0.29) is 5.91 Å². The highest BCUT2D eigenvalue weighted by atomic mass is 79.9. The monoisotopic (exact) mass is 274 g/mol. The third-order valence-electron chi connectivity index (χ3n) is 2.05. The summed E-state index contributed by atoms with van der Waals surface area (Å²) in [6.07, 6.45) is 1.97. The summed E-state index contributed by atoms with van der Waals surface area (Å²) >= 11 is 3.50. The third kappa shape index (κ3) is 4.03. The SMILES string of the molecule is CCC(Br)CCNC(=O)c1cc(C)on1. The molecule has 0 saturated heterocycles. The number of nitrogens with zero attached hydrogens (tertiary/aromatic N) is 1. The van der Waals surface area contributed by atoms with Gasteiger partial charge in [0.2, 0.25) is 0 Å². The Morgan fingerprint density at radius 2 is 2.47 bits per heavy atom. The van der Waals surface area contributed by atoms with Crippen LogP contribution in [0.1, 0.15) is 36.0 Å². The van der Waals surface area contributed by atoms with E-state index in [1.165, 1.54) is 0 Å². The van der Waals surface area contributed by atoms with Crippen molar-refractivity contribution in [2.75, 3.05) is 6.54 Å². The number of carbonyl (C=O) groups is 1. The minimum absolute atomic E-state index is 0.178. The summed E-state index contributed by atoms with van der Waals surface area (Å²) in [6.45, 7) is 4.51. The Bertz CT molecular complexity index is 325. The molecule has 0 fully saturated rings. The highest BCUT2D eigenvalue weighted by Gasteiger charge is 2.10. The van der Waals surface area contributed by atoms with E-state index in [0.717, 1.165) is 12.8 Å². The van der Waals surface area contributed by atoms with Gasteiger partial charge in [-0.25, -0.2) is 0 Å². The normalized spacial score (nSPS) is 12.5. The van der Waals surface area contributed by atoms with Crippen molar-refractivity contribution < 1.29 is 9.32 Å². The Hall–Kier alpha value is -0.840. The molecule has 84 valence electrons. The lowest BCUT2D eigenvalue weighted by molar-refractivity contribution is 0.0944. The van der Waals surface area contributed by atoms with Crippen molar-refractivity contribution in [1.29, 1.82) is 0 Å². The van der Waals surface area contributed by atoms with E-state index in [1.54, 1.807) is 13.0 Å². The van der Waals surface area contributed by atoms with Crippen LogP contribution in [0, 0.1) is 6.92 Å². The molecule has 15 heavy (non-hydrogen) atoms. The second-order valence-corrected chi connectivity index (χ2v) is 4.67. The van der Waals surface area contributed by atoms with Gasteiger partial charge in [-0.15, -0.1) is 0 Å². The van der Waals surface area contributed by atoms with Gasteiger partial charge in [-0.05, 0) is 19.8 Å². The highest BCUT2D eigenvalue weighted by molar-refractivity contribution is 9.09. The Morgan fingerprint density at radius 3 is 3.00 bits per heavy atom. The number of nitrogens with one attached hydrogen (secondary N) is 1. The average Bonchev–Trinajstić information content (AvgIpc) is 2.64. The minimum Gasteiger partial charge on any atom is -0.361 e. The predicted octanol–water partition coefficient (Wildman–Crippen LogP) is 2.28. The molecular weight excluding hydrogens is 260 g/mol. The van der Waals surface area contributed by atoms with Crippen LogP contribution < -0.4 is 5.32 Å². The molecule has 1 aromatic rings. The molecule has 1 N–H and O–H groups in total. The highest BCUT2D eigenvalue weighted by Crippen LogP contribution is 2.08. The Morgan fingerprint density at radius 1 is 1.73 bits per heavy atom. The van der Waals surface area contributed by atoms with E-state index in [1.807, 2.05) is 0 Å². The fourth-order valence-electron chi connectivity index (χ4n) is 1.11. The molecule has 1 amide bonds. The van der Waals surface area contributed by atoms with Crippen molar-refractivity contribution in [2.45, 2.75) is 31.5 Å². The van der Waals surface area contributed by atoms with E-state index < -0.39 is 0 Å². The topological polar surface area (TPSA) is 55.1 Å². The molecule has 0 aromatic carbocycles. The lowest BCUT2D eigenvalue weighted by Gasteiger charge is -2.06. The van der Waals surface area contributed by atoms with Crippen LogP contribution in [0.15, 0.2) is 10.6 Å². The van der Waals surface area contributed by atoms with E-state index in [4.69, 9.17) is 4.52 Å². The molecule has 0 spiro atoms. The van der Waals surface area contributed by atoms with Crippen molar-refractivity contribution >= 4 is 21.8 Å². The van der Waals surface area contributed by atoms with Crippen LogP contribution in [0.2, 0.25) is 0 Å². The summed E-state index contributed by atoms with van der Waals surface area (Å²) in [5, 5.41) is 6.42. The molecule has 0 radical (unpaired) electrons. The third-order valence-corrected chi connectivity index (χ3v) is 3.15. The maximum atomic E-state index is 11.5. The Kier molecular flexibility index (Phi) is 4.81. The maximum absolute atomic E-state index is 11.5. The largest absolute Gasteiger partial charge is 0.361 e. The average molecular weight is 275 g/mol. The lowest BCUT2D eigenvalue weighted by Crippen LogP contribution is -2.26. The summed E-state index contributed by atoms with van der Waals surface area (Å²) in [6, 6.07) is 1.63. The number of hydrogen-bond donors (Lipinski definition) is 1. The van der Waals surface area contributed by atoms with Gasteiger partial charge in [-0.3, -0.25) is 4.79 Å². The second kappa shape index (κ2) is 5.90. The summed E-state index contributed by atoms with van der Waals surface area (Å²) in [5.74, 6) is 0.467. The van der Waals surface area contributed by atoms with Crippen molar-refractivity contribution in [2.24, 2.45) is 0 Å². The molecule has 5 heteroatoms. The van der Waals surface area contributed by atoms with Gasteiger partial charge in [0, 0.05) is 17.4 Å². The zero-order valence-corrected chi connectivity index (χ0v) is 10.5. The number of hydrogen-bond acceptors (Lipinski definition) is 3. The first-order valence-corrected chi connectivity index (χ1v) is 5.90. The number of carbonyl (C=O) groups excluding carboxylic acids is 1. The van der Waals surface area contributed by atoms with Crippen LogP contribution in [-0.2, 0) is 0 Å². The van der Waals surface area contributed by atoms with E-state index >= 15 is 0 Å². The molecule has 1 atom stereocenters. The van der Waals surface area contributed by atoms with Gasteiger partial charge in [0.1, 0.15) is 5.76 Å². The van der Waals surface area contributed by atoms with Crippen LogP contribution in [0.3, 0.4) is 0 Å². The van der Waals surface area contributed by atoms with Gasteiger partial charge < -0.3 is 9.84 Å². The first-order chi connectivity index (χ1) is 7.13. The standard InChI is InChI=1S/C10H15BrN2O2/c1-3-8(11)4-5-12-10(14)9-6-7(2)15-13-9/h6,8H,3-5H2,1-2H3,(H,12,14). The fraction of sp³-hybridized carbons (Fsp3) is 0.600. The Labute approximate surface area is 97.5 Å². The number of amides is 1. The number of aromatic nitrogens is 1. The quantitative estimate of drug-likeness (QED) is 0.839. The summed E-state index contributed by atoms with van der Waals surface area (Å²) in [7, 11) is 0. The van der Waals surface area contributed by atoms with Gasteiger partial charge in [0.05, 0.1) is 0 Å². The van der Waals surface area contributed by atoms with Crippen molar-refractivity contribution in [3.05, 3.63) is 17.5 Å². The molecule has 1 aromatic heterocycles. The molecule has 0 bridgehead atoms. The van der Waals surface area contributed by atoms with Crippen LogP contribution in [0.5, 0.6) is 0 Å². The molecule has 1 heterocycles. The van der Waals surface area contributed by atoms with Gasteiger partial charge in [0.15, 0.2) is 5.69 Å². The Balaban J connectivity index is 2.31. The van der Waals surface area contributed by atoms with Crippen molar-refractivity contribution in [1.82, 2.24) is 10.5 Å². The number of alkyl halides is 1. The molecule has 0 aliphatic heterocycles. The smallest absolute Gasteiger partial charge is 0.273 e. The van der Waals surface area contributed by atoms with Gasteiger partial charge in [0.25, 0.3) is 5.91 Å². The van der Waals surface area contributed by atoms with E-state index in [2.05, 4.69) is 33.3 Å². The second-order valence-electron chi connectivity index (χ2n) is 3.37. The maximum Gasteiger partial charge on any atom is 0.273 e. The van der Waals surface area contributed by atoms with Crippen LogP contribution in [-0.4, -0.2) is 22.4 Å². The fourth-order valence-corrected chi connectivity index (χ4v) is 1.34. The first kappa shape index (κ1) is 12.2. The summed E-state index contributed by atoms with van der Waals surface area (Å²) < 4.78 is 4.81. The van der Waals surface area contributed by atoms with Gasteiger partial charge >= 0.3 is 0 Å². The predicted molar refractivity (Wildman–Crippen MR) is 61.2 cm³/mol. The zero-order chi connectivity index (χ0) is 11.3. The van der Waals surface area contributed by atoms with Crippen LogP contribution in [0.4, 0.5) is 0 Å². The van der Waals surface area contributed by atoms with Gasteiger partial charge in [-0.1, -0.05) is 28.0 Å². The number of halogens is 1. The molecule has 0 aliphatic carbocycles. The molecule has 1 rings (SSSR count).